The van der Waals surface area contributed by atoms with E-state index in [1.807, 2.05) is 43.3 Å². The van der Waals surface area contributed by atoms with Gasteiger partial charge >= 0.3 is 0 Å². The number of fused-ring (bicyclic) bond motifs is 1. The molecule has 8 heteroatoms. The van der Waals surface area contributed by atoms with Gasteiger partial charge in [-0.15, -0.1) is 10.2 Å². The molecule has 152 valence electrons. The first-order chi connectivity index (χ1) is 14.6. The zero-order valence-corrected chi connectivity index (χ0v) is 16.9. The van der Waals surface area contributed by atoms with Crippen molar-refractivity contribution in [3.05, 3.63) is 71.5 Å². The highest BCUT2D eigenvalue weighted by Gasteiger charge is 2.17. The highest BCUT2D eigenvalue weighted by atomic mass is 16.5. The molecule has 0 aliphatic heterocycles. The van der Waals surface area contributed by atoms with E-state index in [1.165, 1.54) is 19.8 Å². The number of aryl methyl sites for hydroxylation is 1. The van der Waals surface area contributed by atoms with Gasteiger partial charge in [0.25, 0.3) is 5.91 Å². The Labute approximate surface area is 173 Å². The van der Waals surface area contributed by atoms with Gasteiger partial charge in [0.2, 0.25) is 0 Å². The molecule has 2 aromatic heterocycles. The summed E-state index contributed by atoms with van der Waals surface area (Å²) in [6.07, 6.45) is 0. The fourth-order valence-electron chi connectivity index (χ4n) is 3.14. The van der Waals surface area contributed by atoms with Gasteiger partial charge in [0.15, 0.2) is 23.0 Å². The molecule has 30 heavy (non-hydrogen) atoms. The number of benzene rings is 2. The van der Waals surface area contributed by atoms with Gasteiger partial charge in [-0.25, -0.2) is 0 Å². The third-order valence-electron chi connectivity index (χ3n) is 4.73. The Morgan fingerprint density at radius 1 is 1.00 bits per heavy atom. The predicted octanol–water partition coefficient (Wildman–Crippen LogP) is 3.05. The third-order valence-corrected chi connectivity index (χ3v) is 4.73. The SMILES string of the molecule is COc1cccc(C(=O)NCc2nnc3ccc(-c4ccc(C)cc4)nn23)c1OC. The maximum atomic E-state index is 12.7. The van der Waals surface area contributed by atoms with E-state index in [4.69, 9.17) is 9.47 Å². The molecule has 8 nitrogen and oxygen atoms in total. The molecule has 1 N–H and O–H groups in total. The van der Waals surface area contributed by atoms with Crippen molar-refractivity contribution >= 4 is 11.6 Å². The second-order valence-corrected chi connectivity index (χ2v) is 6.69. The first kappa shape index (κ1) is 19.4. The minimum absolute atomic E-state index is 0.157. The number of carbonyl (C=O) groups excluding carboxylic acids is 1. The lowest BCUT2D eigenvalue weighted by Crippen LogP contribution is -2.25. The quantitative estimate of drug-likeness (QED) is 0.532. The Morgan fingerprint density at radius 2 is 1.80 bits per heavy atom. The summed E-state index contributed by atoms with van der Waals surface area (Å²) in [6, 6.07) is 17.0. The van der Waals surface area contributed by atoms with Crippen molar-refractivity contribution < 1.29 is 14.3 Å². The van der Waals surface area contributed by atoms with Crippen LogP contribution >= 0.6 is 0 Å². The lowest BCUT2D eigenvalue weighted by Gasteiger charge is -2.12. The number of rotatable bonds is 6. The van der Waals surface area contributed by atoms with Crippen molar-refractivity contribution in [2.24, 2.45) is 0 Å². The number of amides is 1. The van der Waals surface area contributed by atoms with E-state index in [0.29, 0.717) is 28.5 Å². The van der Waals surface area contributed by atoms with Crippen LogP contribution in [-0.4, -0.2) is 39.9 Å². The summed E-state index contributed by atoms with van der Waals surface area (Å²) in [5.74, 6) is 1.08. The van der Waals surface area contributed by atoms with Gasteiger partial charge in [0.05, 0.1) is 32.0 Å². The normalized spacial score (nSPS) is 10.8. The third kappa shape index (κ3) is 3.67. The van der Waals surface area contributed by atoms with E-state index in [2.05, 4.69) is 20.6 Å². The van der Waals surface area contributed by atoms with Gasteiger partial charge in [-0.1, -0.05) is 35.9 Å². The standard InChI is InChI=1S/C22H21N5O3/c1-14-7-9-15(10-8-14)17-11-12-19-24-25-20(27(19)26-17)13-23-22(28)16-5-4-6-18(29-2)21(16)30-3/h4-12H,13H2,1-3H3,(H,23,28). The average molecular weight is 403 g/mol. The number of methoxy groups -OCH3 is 2. The smallest absolute Gasteiger partial charge is 0.255 e. The van der Waals surface area contributed by atoms with Crippen LogP contribution < -0.4 is 14.8 Å². The summed E-state index contributed by atoms with van der Waals surface area (Å²) in [5.41, 5.74) is 3.95. The summed E-state index contributed by atoms with van der Waals surface area (Å²) in [6.45, 7) is 2.20. The van der Waals surface area contributed by atoms with Gasteiger partial charge in [0.1, 0.15) is 0 Å². The molecular weight excluding hydrogens is 382 g/mol. The number of hydrogen-bond acceptors (Lipinski definition) is 6. The zero-order valence-electron chi connectivity index (χ0n) is 16.9. The number of carbonyl (C=O) groups is 1. The van der Waals surface area contributed by atoms with Crippen LogP contribution in [0.1, 0.15) is 21.7 Å². The largest absolute Gasteiger partial charge is 0.493 e. The molecule has 0 saturated heterocycles. The Kier molecular flexibility index (Phi) is 5.30. The Balaban J connectivity index is 1.58. The molecule has 0 aliphatic carbocycles. The van der Waals surface area contributed by atoms with E-state index in [-0.39, 0.29) is 12.5 Å². The molecule has 0 unspecified atom stereocenters. The molecule has 0 saturated carbocycles. The summed E-state index contributed by atoms with van der Waals surface area (Å²) in [7, 11) is 3.02. The molecule has 2 aromatic carbocycles. The van der Waals surface area contributed by atoms with Gasteiger partial charge in [-0.2, -0.15) is 9.61 Å². The van der Waals surface area contributed by atoms with E-state index in [0.717, 1.165) is 11.3 Å². The minimum atomic E-state index is -0.308. The molecule has 0 bridgehead atoms. The number of para-hydroxylation sites is 1. The molecule has 0 radical (unpaired) electrons. The number of aromatic nitrogens is 4. The summed E-state index contributed by atoms with van der Waals surface area (Å²) < 4.78 is 12.2. The Hall–Kier alpha value is -3.94. The molecule has 0 spiro atoms. The van der Waals surface area contributed by atoms with E-state index >= 15 is 0 Å². The van der Waals surface area contributed by atoms with Crippen molar-refractivity contribution in [1.29, 1.82) is 0 Å². The van der Waals surface area contributed by atoms with Gasteiger partial charge in [-0.3, -0.25) is 4.79 Å². The van der Waals surface area contributed by atoms with Crippen LogP contribution in [0.4, 0.5) is 0 Å². The highest BCUT2D eigenvalue weighted by molar-refractivity contribution is 5.97. The maximum Gasteiger partial charge on any atom is 0.255 e. The summed E-state index contributed by atoms with van der Waals surface area (Å²) in [4.78, 5) is 12.7. The highest BCUT2D eigenvalue weighted by Crippen LogP contribution is 2.30. The van der Waals surface area contributed by atoms with Crippen LogP contribution in [0.3, 0.4) is 0 Å². The minimum Gasteiger partial charge on any atom is -0.493 e. The fourth-order valence-corrected chi connectivity index (χ4v) is 3.14. The number of nitrogens with zero attached hydrogens (tertiary/aromatic N) is 4. The monoisotopic (exact) mass is 403 g/mol. The predicted molar refractivity (Wildman–Crippen MR) is 112 cm³/mol. The number of ether oxygens (including phenoxy) is 2. The fraction of sp³-hybridized carbons (Fsp3) is 0.182. The van der Waals surface area contributed by atoms with Crippen LogP contribution in [-0.2, 0) is 6.54 Å². The second-order valence-electron chi connectivity index (χ2n) is 6.69. The van der Waals surface area contributed by atoms with Gasteiger partial charge in [0, 0.05) is 5.56 Å². The first-order valence-electron chi connectivity index (χ1n) is 9.38. The van der Waals surface area contributed by atoms with Crippen LogP contribution in [0.5, 0.6) is 11.5 Å². The van der Waals surface area contributed by atoms with Crippen LogP contribution in [0.15, 0.2) is 54.6 Å². The molecule has 0 atom stereocenters. The lowest BCUT2D eigenvalue weighted by molar-refractivity contribution is 0.0946. The van der Waals surface area contributed by atoms with Crippen molar-refractivity contribution in [2.75, 3.05) is 14.2 Å². The van der Waals surface area contributed by atoms with E-state index in [1.54, 1.807) is 22.7 Å². The molecule has 4 rings (SSSR count). The molecule has 2 heterocycles. The molecule has 0 aliphatic rings. The van der Waals surface area contributed by atoms with Crippen molar-refractivity contribution in [2.45, 2.75) is 13.5 Å². The van der Waals surface area contributed by atoms with Crippen molar-refractivity contribution in [3.8, 4) is 22.8 Å². The topological polar surface area (TPSA) is 90.6 Å². The zero-order chi connectivity index (χ0) is 21.1. The van der Waals surface area contributed by atoms with Crippen molar-refractivity contribution in [3.63, 3.8) is 0 Å². The molecule has 0 fully saturated rings. The first-order valence-corrected chi connectivity index (χ1v) is 9.38. The molecular formula is C22H21N5O3. The summed E-state index contributed by atoms with van der Waals surface area (Å²) in [5, 5.41) is 15.8. The van der Waals surface area contributed by atoms with Crippen molar-refractivity contribution in [1.82, 2.24) is 25.1 Å². The average Bonchev–Trinajstić information content (AvgIpc) is 3.19. The van der Waals surface area contributed by atoms with E-state index < -0.39 is 0 Å². The van der Waals surface area contributed by atoms with Crippen LogP contribution in [0, 0.1) is 6.92 Å². The van der Waals surface area contributed by atoms with Gasteiger partial charge < -0.3 is 14.8 Å². The Morgan fingerprint density at radius 3 is 2.53 bits per heavy atom. The van der Waals surface area contributed by atoms with Gasteiger partial charge in [-0.05, 0) is 31.2 Å². The molecule has 1 amide bonds. The summed E-state index contributed by atoms with van der Waals surface area (Å²) >= 11 is 0. The Bertz CT molecular complexity index is 1200. The number of nitrogens with one attached hydrogen (secondary N) is 1. The maximum absolute atomic E-state index is 12.7. The van der Waals surface area contributed by atoms with Crippen LogP contribution in [0.2, 0.25) is 0 Å². The second kappa shape index (κ2) is 8.20. The molecule has 4 aromatic rings. The van der Waals surface area contributed by atoms with Crippen LogP contribution in [0.25, 0.3) is 16.9 Å². The lowest BCUT2D eigenvalue weighted by atomic mass is 10.1. The van der Waals surface area contributed by atoms with E-state index in [9.17, 15) is 4.79 Å². The number of hydrogen-bond donors (Lipinski definition) is 1.